The summed E-state index contributed by atoms with van der Waals surface area (Å²) in [4.78, 5) is 35.4. The third-order valence-electron chi connectivity index (χ3n) is 24.0. The summed E-state index contributed by atoms with van der Waals surface area (Å²) in [5.74, 6) is 1.83. The van der Waals surface area contributed by atoms with Crippen molar-refractivity contribution in [3.8, 4) is 90.1 Å². The van der Waals surface area contributed by atoms with Crippen molar-refractivity contribution in [2.75, 3.05) is 0 Å². The van der Waals surface area contributed by atoms with Gasteiger partial charge in [0.05, 0.1) is 22.3 Å². The Kier molecular flexibility index (Phi) is 38.5. The quantitative estimate of drug-likeness (QED) is 0.107. The zero-order valence-electron chi connectivity index (χ0n) is 82.7. The molecular weight excluding hydrogens is 2490 g/mol. The van der Waals surface area contributed by atoms with Crippen molar-refractivity contribution in [3.63, 3.8) is 0 Å². The SMILES string of the molecule is CC(C)c1ccc(-c2[c-]ccc3c2oc2ccccc23)nc1.CC(C)c1ccc2c(c1)oc1c(-c3ccccn3)[c-]ccc12.CC(C)c1cccc(-c2[c-]ccc3c2oc2ccccc23)n1.CC(C)c1ccnc(-c2[c-]ccc3c2oc2ccccc23)c1.Cc1c[c-]c(-c2ncccc2C)cc1.Cc1cc[c-]c(-c2ccccn2)c1.Cc1cc[c-]c(-c2ccccn2)c1.Cc1cc[c-]c(-c2ccccn2)c1.[Ir].[Ir].[Ir].[Ir]. The molecule has 0 spiro atoms. The fourth-order valence-corrected chi connectivity index (χ4v) is 16.4. The molecule has 24 aromatic rings. The fraction of sp³-hybridized carbons (Fsp3) is 0.132. The Morgan fingerprint density at radius 1 is 0.228 bits per heavy atom. The molecule has 0 aliphatic heterocycles. The number of fused-ring (bicyclic) bond motifs is 12. The number of hydrogen-bond donors (Lipinski definition) is 0. The van der Waals surface area contributed by atoms with Gasteiger partial charge >= 0.3 is 0 Å². The van der Waals surface area contributed by atoms with Crippen LogP contribution >= 0.6 is 0 Å². The second kappa shape index (κ2) is 51.7. The third-order valence-corrected chi connectivity index (χ3v) is 24.0. The Hall–Kier alpha value is -14.4. The molecule has 0 unspecified atom stereocenters. The van der Waals surface area contributed by atoms with Gasteiger partial charge in [-0.1, -0.05) is 290 Å². The third kappa shape index (κ3) is 26.8. The number of furan rings is 4. The molecule has 0 bridgehead atoms. The normalized spacial score (nSPS) is 10.7. The van der Waals surface area contributed by atoms with E-state index < -0.39 is 0 Å². The number of nitrogens with zero attached hydrogens (tertiary/aromatic N) is 8. The Bertz CT molecular complexity index is 7960. The van der Waals surface area contributed by atoms with E-state index >= 15 is 0 Å². The molecule has 12 aromatic carbocycles. The molecule has 12 heterocycles. The molecular formula is C129H106Ir4N8O4-8. The Balaban J connectivity index is 0.000000140. The topological polar surface area (TPSA) is 156 Å². The standard InChI is InChI=1S/4C20H16NO.C13H12N.3C12H10N.4Ir/c1-13(2)17-10-6-11-18(21-17)16-9-5-8-15-14-7-3-4-12-19(14)22-20(15)16;1-13(2)14-9-10-15-16-6-5-7-17(18-8-3-4-11-21-18)20(16)22-19(15)12-14;1-13(2)14-10-11-21-18(12-14)17-8-5-7-16-15-6-3-4-9-19(15)22-20(16)17;1-13(2)14-10-11-18(21-12-14)17-8-5-7-16-15-6-3-4-9-19(15)22-20(16)17;1-10-5-7-12(8-6-10)13-11(2)4-3-9-14-13;3*1-10-5-4-6-11(9-10)12-7-2-3-8-13-12;;;;/h3-8,10-13H,1-2H3;3-6,8-13H,1-2H3;2*3-7,9-13H,1-2H3;3-7,9H,1-2H3;3*2-5,7-9H,1H3;;;;/q8*-1;;;;. The van der Waals surface area contributed by atoms with Gasteiger partial charge in [0, 0.05) is 151 Å². The van der Waals surface area contributed by atoms with E-state index in [1.807, 2.05) is 243 Å². The Morgan fingerprint density at radius 2 is 0.600 bits per heavy atom. The predicted molar refractivity (Wildman–Crippen MR) is 577 cm³/mol. The minimum atomic E-state index is 0. The zero-order valence-corrected chi connectivity index (χ0v) is 92.3. The van der Waals surface area contributed by atoms with E-state index in [9.17, 15) is 0 Å². The summed E-state index contributed by atoms with van der Waals surface area (Å²) < 4.78 is 24.3. The first-order chi connectivity index (χ1) is 68.8. The monoisotopic (exact) mass is 2600 g/mol. The zero-order chi connectivity index (χ0) is 97.7. The second-order valence-corrected chi connectivity index (χ2v) is 35.7. The van der Waals surface area contributed by atoms with Crippen LogP contribution in [0, 0.1) is 83.1 Å². The van der Waals surface area contributed by atoms with Crippen molar-refractivity contribution in [1.82, 2.24) is 39.9 Å². The summed E-state index contributed by atoms with van der Waals surface area (Å²) in [7, 11) is 0. The van der Waals surface area contributed by atoms with Crippen molar-refractivity contribution >= 4 is 87.8 Å². The first-order valence-corrected chi connectivity index (χ1v) is 47.5. The average Bonchev–Trinajstić information content (AvgIpc) is 1.63. The molecule has 0 aliphatic rings. The van der Waals surface area contributed by atoms with Crippen LogP contribution in [0.2, 0.25) is 0 Å². The van der Waals surface area contributed by atoms with Crippen LogP contribution in [0.4, 0.5) is 0 Å². The summed E-state index contributed by atoms with van der Waals surface area (Å²) in [6, 6.07) is 139. The smallest absolute Gasteiger partial charge is 0.121 e. The maximum absolute atomic E-state index is 6.16. The largest absolute Gasteiger partial charge is 0.501 e. The minimum Gasteiger partial charge on any atom is -0.501 e. The number of benzene rings is 12. The van der Waals surface area contributed by atoms with E-state index in [0.29, 0.717) is 23.7 Å². The van der Waals surface area contributed by atoms with E-state index in [-0.39, 0.29) is 80.4 Å². The van der Waals surface area contributed by atoms with Crippen LogP contribution in [0.25, 0.3) is 178 Å². The summed E-state index contributed by atoms with van der Waals surface area (Å²) in [5.41, 5.74) is 33.5. The van der Waals surface area contributed by atoms with Gasteiger partial charge in [0.25, 0.3) is 0 Å². The van der Waals surface area contributed by atoms with E-state index in [0.717, 1.165) is 184 Å². The molecule has 0 amide bonds. The maximum Gasteiger partial charge on any atom is 0.121 e. The van der Waals surface area contributed by atoms with E-state index in [1.165, 1.54) is 44.5 Å². The van der Waals surface area contributed by atoms with Crippen molar-refractivity contribution in [3.05, 3.63) is 482 Å². The maximum atomic E-state index is 6.16. The number of para-hydroxylation sites is 3. The fourth-order valence-electron chi connectivity index (χ4n) is 16.4. The number of pyridine rings is 8. The van der Waals surface area contributed by atoms with Crippen LogP contribution in [0.5, 0.6) is 0 Å². The molecule has 0 fully saturated rings. The summed E-state index contributed by atoms with van der Waals surface area (Å²) in [6.45, 7) is 27.7. The van der Waals surface area contributed by atoms with E-state index in [1.54, 1.807) is 24.8 Å². The van der Waals surface area contributed by atoms with Gasteiger partial charge in [0.15, 0.2) is 0 Å². The van der Waals surface area contributed by atoms with Gasteiger partial charge in [-0.25, -0.2) is 0 Å². The van der Waals surface area contributed by atoms with Crippen LogP contribution in [0.1, 0.15) is 129 Å². The second-order valence-electron chi connectivity index (χ2n) is 35.7. The molecule has 0 N–H and O–H groups in total. The molecule has 0 saturated heterocycles. The molecule has 12 nitrogen and oxygen atoms in total. The van der Waals surface area contributed by atoms with Crippen LogP contribution < -0.4 is 0 Å². The number of hydrogen-bond acceptors (Lipinski definition) is 12. The van der Waals surface area contributed by atoms with Gasteiger partial charge in [0.1, 0.15) is 22.3 Å². The summed E-state index contributed by atoms with van der Waals surface area (Å²) in [6.07, 6.45) is 12.8. The molecule has 730 valence electrons. The van der Waals surface area contributed by atoms with Crippen LogP contribution in [-0.2, 0) is 80.4 Å². The van der Waals surface area contributed by atoms with Crippen molar-refractivity contribution in [2.45, 2.75) is 114 Å². The molecule has 0 aliphatic carbocycles. The molecule has 24 rings (SSSR count). The van der Waals surface area contributed by atoms with Gasteiger partial charge in [-0.2, -0.15) is 0 Å². The first kappa shape index (κ1) is 108. The molecule has 145 heavy (non-hydrogen) atoms. The number of rotatable bonds is 12. The van der Waals surface area contributed by atoms with Crippen molar-refractivity contribution in [1.29, 1.82) is 0 Å². The van der Waals surface area contributed by atoms with Crippen LogP contribution in [-0.4, -0.2) is 39.9 Å². The van der Waals surface area contributed by atoms with E-state index in [4.69, 9.17) is 22.7 Å². The summed E-state index contributed by atoms with van der Waals surface area (Å²) >= 11 is 0. The van der Waals surface area contributed by atoms with Gasteiger partial charge < -0.3 is 57.5 Å². The Labute approximate surface area is 903 Å². The first-order valence-electron chi connectivity index (χ1n) is 47.5. The van der Waals surface area contributed by atoms with Gasteiger partial charge in [0.2, 0.25) is 0 Å². The van der Waals surface area contributed by atoms with Gasteiger partial charge in [-0.3, -0.25) is 0 Å². The number of aromatic nitrogens is 8. The van der Waals surface area contributed by atoms with Gasteiger partial charge in [-0.05, 0) is 154 Å². The summed E-state index contributed by atoms with van der Waals surface area (Å²) in [5, 5.41) is 8.99. The number of aryl methyl sites for hydroxylation is 5. The van der Waals surface area contributed by atoms with Crippen molar-refractivity contribution in [2.24, 2.45) is 0 Å². The Morgan fingerprint density at radius 3 is 1.00 bits per heavy atom. The molecule has 4 radical (unpaired) electrons. The molecule has 12 aromatic heterocycles. The van der Waals surface area contributed by atoms with Gasteiger partial charge in [-0.15, -0.1) is 214 Å². The minimum absolute atomic E-state index is 0. The van der Waals surface area contributed by atoms with Crippen LogP contribution in [0.15, 0.2) is 401 Å². The molecule has 0 saturated carbocycles. The predicted octanol–water partition coefficient (Wildman–Crippen LogP) is 34.0. The van der Waals surface area contributed by atoms with Crippen molar-refractivity contribution < 1.29 is 98.1 Å². The van der Waals surface area contributed by atoms with Crippen LogP contribution in [0.3, 0.4) is 0 Å². The van der Waals surface area contributed by atoms with E-state index in [2.05, 4.69) is 289 Å². The molecule has 16 heteroatoms. The average molecular weight is 2600 g/mol. The molecule has 0 atom stereocenters.